The highest BCUT2D eigenvalue weighted by atomic mass is 16.6. The van der Waals surface area contributed by atoms with E-state index in [0.29, 0.717) is 19.3 Å². The van der Waals surface area contributed by atoms with E-state index >= 15 is 0 Å². The number of carbonyl (C=O) groups excluding carboxylic acids is 3. The van der Waals surface area contributed by atoms with E-state index in [1.54, 1.807) is 0 Å². The van der Waals surface area contributed by atoms with Crippen LogP contribution in [-0.2, 0) is 28.6 Å². The van der Waals surface area contributed by atoms with Gasteiger partial charge in [-0.25, -0.2) is 0 Å². The molecule has 0 spiro atoms. The van der Waals surface area contributed by atoms with Crippen molar-refractivity contribution in [3.8, 4) is 0 Å². The van der Waals surface area contributed by atoms with Crippen LogP contribution in [0, 0.1) is 0 Å². The number of hydrogen-bond donors (Lipinski definition) is 0. The molecule has 0 rings (SSSR count). The average molecular weight is 1070 g/mol. The van der Waals surface area contributed by atoms with Crippen molar-refractivity contribution in [2.45, 2.75) is 335 Å². The summed E-state index contributed by atoms with van der Waals surface area (Å²) in [7, 11) is 0. The van der Waals surface area contributed by atoms with Gasteiger partial charge < -0.3 is 14.2 Å². The van der Waals surface area contributed by atoms with Gasteiger partial charge in [0.15, 0.2) is 6.10 Å². The molecule has 0 N–H and O–H groups in total. The molecule has 0 saturated carbocycles. The van der Waals surface area contributed by atoms with E-state index in [-0.39, 0.29) is 31.1 Å². The maximum absolute atomic E-state index is 12.9. The van der Waals surface area contributed by atoms with Crippen molar-refractivity contribution < 1.29 is 28.6 Å². The molecule has 1 atom stereocenters. The lowest BCUT2D eigenvalue weighted by Gasteiger charge is -2.18. The van der Waals surface area contributed by atoms with Crippen LogP contribution in [0.3, 0.4) is 0 Å². The van der Waals surface area contributed by atoms with Crippen molar-refractivity contribution in [2.24, 2.45) is 0 Å². The van der Waals surface area contributed by atoms with Crippen LogP contribution in [-0.4, -0.2) is 37.2 Å². The summed E-state index contributed by atoms with van der Waals surface area (Å²) in [5.74, 6) is -0.874. The van der Waals surface area contributed by atoms with Gasteiger partial charge in [0.1, 0.15) is 13.2 Å². The second-order valence-corrected chi connectivity index (χ2v) is 22.0. The predicted molar refractivity (Wildman–Crippen MR) is 334 cm³/mol. The van der Waals surface area contributed by atoms with Gasteiger partial charge in [0.2, 0.25) is 0 Å². The van der Waals surface area contributed by atoms with Crippen LogP contribution < -0.4 is 0 Å². The molecule has 0 aliphatic rings. The van der Waals surface area contributed by atoms with Crippen molar-refractivity contribution in [1.29, 1.82) is 0 Å². The molecule has 0 radical (unpaired) electrons. The van der Waals surface area contributed by atoms with Crippen LogP contribution in [0.1, 0.15) is 329 Å². The van der Waals surface area contributed by atoms with E-state index in [9.17, 15) is 14.4 Å². The summed E-state index contributed by atoms with van der Waals surface area (Å²) in [5, 5.41) is 0. The molecule has 0 fully saturated rings. The zero-order valence-corrected chi connectivity index (χ0v) is 51.0. The Labute approximate surface area is 477 Å². The van der Waals surface area contributed by atoms with Crippen molar-refractivity contribution in [3.63, 3.8) is 0 Å². The van der Waals surface area contributed by atoms with Gasteiger partial charge in [0, 0.05) is 19.3 Å². The number of unbranched alkanes of at least 4 members (excludes halogenated alkanes) is 35. The molecule has 6 nitrogen and oxygen atoms in total. The smallest absolute Gasteiger partial charge is 0.306 e. The molecule has 0 amide bonds. The minimum absolute atomic E-state index is 0.0751. The lowest BCUT2D eigenvalue weighted by Crippen LogP contribution is -2.30. The monoisotopic (exact) mass is 1070 g/mol. The number of hydrogen-bond acceptors (Lipinski definition) is 6. The van der Waals surface area contributed by atoms with Crippen LogP contribution in [0.2, 0.25) is 0 Å². The van der Waals surface area contributed by atoms with Gasteiger partial charge in [-0.2, -0.15) is 0 Å². The normalized spacial score (nSPS) is 12.6. The molecule has 444 valence electrons. The highest BCUT2D eigenvalue weighted by molar-refractivity contribution is 5.71. The first-order valence-electron chi connectivity index (χ1n) is 33.1. The van der Waals surface area contributed by atoms with Gasteiger partial charge in [0.25, 0.3) is 0 Å². The van der Waals surface area contributed by atoms with Crippen molar-refractivity contribution in [2.75, 3.05) is 13.2 Å². The predicted octanol–water partition coefficient (Wildman–Crippen LogP) is 22.7. The lowest BCUT2D eigenvalue weighted by molar-refractivity contribution is -0.167. The Hall–Kier alpha value is -3.41. The fraction of sp³-hybridized carbons (Fsp3) is 0.761. The van der Waals surface area contributed by atoms with E-state index in [1.807, 2.05) is 0 Å². The van der Waals surface area contributed by atoms with Crippen molar-refractivity contribution in [3.05, 3.63) is 85.1 Å². The molecule has 0 aromatic heterocycles. The first kappa shape index (κ1) is 73.6. The maximum atomic E-state index is 12.9. The van der Waals surface area contributed by atoms with Crippen molar-refractivity contribution >= 4 is 17.9 Å². The van der Waals surface area contributed by atoms with Gasteiger partial charge in [-0.05, 0) is 96.3 Å². The summed E-state index contributed by atoms with van der Waals surface area (Å²) in [6, 6.07) is 0. The fourth-order valence-corrected chi connectivity index (χ4v) is 9.44. The Bertz CT molecular complexity index is 1470. The minimum atomic E-state index is -0.776. The van der Waals surface area contributed by atoms with Gasteiger partial charge in [-0.3, -0.25) is 14.4 Å². The molecule has 0 heterocycles. The number of esters is 3. The van der Waals surface area contributed by atoms with Gasteiger partial charge in [0.05, 0.1) is 0 Å². The molecule has 0 aromatic carbocycles. The number of carbonyl (C=O) groups is 3. The minimum Gasteiger partial charge on any atom is -0.462 e. The van der Waals surface area contributed by atoms with E-state index in [0.717, 1.165) is 96.3 Å². The second-order valence-electron chi connectivity index (χ2n) is 22.0. The van der Waals surface area contributed by atoms with E-state index in [1.165, 1.54) is 193 Å². The van der Waals surface area contributed by atoms with Gasteiger partial charge in [-0.15, -0.1) is 0 Å². The molecule has 0 bridgehead atoms. The van der Waals surface area contributed by atoms with Crippen LogP contribution in [0.4, 0.5) is 0 Å². The SMILES string of the molecule is CC/C=C\C/C=C\C/C=C\C/C=C\C/C=C\C/C=C\CCCCCCCCCCCCC(=O)OCC(COC(=O)CCCCCCCCC)OC(=O)CCCCCCCCCCCCC/C=C\CCCCCCCCCC. The third-order valence-electron chi connectivity index (χ3n) is 14.4. The number of allylic oxidation sites excluding steroid dienone is 14. The van der Waals surface area contributed by atoms with Crippen LogP contribution in [0.25, 0.3) is 0 Å². The maximum Gasteiger partial charge on any atom is 0.306 e. The van der Waals surface area contributed by atoms with Gasteiger partial charge in [-0.1, -0.05) is 298 Å². The fourth-order valence-electron chi connectivity index (χ4n) is 9.44. The summed E-state index contributed by atoms with van der Waals surface area (Å²) < 4.78 is 16.9. The van der Waals surface area contributed by atoms with E-state index in [4.69, 9.17) is 14.2 Å². The third kappa shape index (κ3) is 63.3. The largest absolute Gasteiger partial charge is 0.462 e. The summed E-state index contributed by atoms with van der Waals surface area (Å²) in [4.78, 5) is 38.1. The molecular weight excluding hydrogens is 949 g/mol. The standard InChI is InChI=1S/C71H124O6/c1-4-7-10-13-16-18-20-22-24-26-28-30-32-33-34-35-36-37-39-40-42-44-46-48-50-52-55-58-61-64-70(73)76-67-68(66-75-69(72)63-60-57-54-15-12-9-6-3)77-71(74)65-62-59-56-53-51-49-47-45-43-41-38-31-29-27-25-23-21-19-17-14-11-8-5-2/h7,10,16,18,22,24,27-30,33-34,36-37,68H,4-6,8-9,11-15,17,19-21,23,25-26,31-32,35,38-67H2,1-3H3/b10-7-,18-16-,24-22-,29-27-,30-28-,34-33-,37-36-. The molecular formula is C71H124O6. The Morgan fingerprint density at radius 1 is 0.273 bits per heavy atom. The number of rotatable bonds is 60. The summed E-state index contributed by atoms with van der Waals surface area (Å²) >= 11 is 0. The third-order valence-corrected chi connectivity index (χ3v) is 14.4. The van der Waals surface area contributed by atoms with Crippen molar-refractivity contribution in [1.82, 2.24) is 0 Å². The Kier molecular flexibility index (Phi) is 62.2. The molecule has 0 aromatic rings. The average Bonchev–Trinajstić information content (AvgIpc) is 3.43. The van der Waals surface area contributed by atoms with Crippen LogP contribution >= 0.6 is 0 Å². The van der Waals surface area contributed by atoms with Crippen LogP contribution in [0.15, 0.2) is 85.1 Å². The quantitative estimate of drug-likeness (QED) is 0.0261. The highest BCUT2D eigenvalue weighted by Gasteiger charge is 2.19. The molecule has 0 aliphatic heterocycles. The number of ether oxygens (including phenoxy) is 3. The summed E-state index contributed by atoms with van der Waals surface area (Å²) in [6.45, 7) is 6.51. The summed E-state index contributed by atoms with van der Waals surface area (Å²) in [6.07, 6.45) is 86.2. The zero-order valence-electron chi connectivity index (χ0n) is 51.0. The molecule has 0 saturated heterocycles. The molecule has 6 heteroatoms. The van der Waals surface area contributed by atoms with Gasteiger partial charge >= 0.3 is 17.9 Å². The van der Waals surface area contributed by atoms with E-state index in [2.05, 4.69) is 106 Å². The topological polar surface area (TPSA) is 78.9 Å². The lowest BCUT2D eigenvalue weighted by atomic mass is 10.0. The first-order valence-corrected chi connectivity index (χ1v) is 33.1. The Morgan fingerprint density at radius 3 is 0.805 bits per heavy atom. The molecule has 0 aliphatic carbocycles. The zero-order chi connectivity index (χ0) is 55.7. The first-order chi connectivity index (χ1) is 38.0. The van der Waals surface area contributed by atoms with E-state index < -0.39 is 6.10 Å². The summed E-state index contributed by atoms with van der Waals surface area (Å²) in [5.41, 5.74) is 0. The van der Waals surface area contributed by atoms with Crippen LogP contribution in [0.5, 0.6) is 0 Å². The Balaban J connectivity index is 4.12. The molecule has 77 heavy (non-hydrogen) atoms. The second kappa shape index (κ2) is 65.1. The molecule has 1 unspecified atom stereocenters. The Morgan fingerprint density at radius 2 is 0.506 bits per heavy atom. The highest BCUT2D eigenvalue weighted by Crippen LogP contribution is 2.17.